The molecule has 21 heavy (non-hydrogen) atoms. The summed E-state index contributed by atoms with van der Waals surface area (Å²) in [5.74, 6) is -0.312. The molecule has 0 aromatic heterocycles. The van der Waals surface area contributed by atoms with E-state index in [4.69, 9.17) is 12.2 Å². The Morgan fingerprint density at radius 3 is 2.62 bits per heavy atom. The third-order valence-corrected chi connectivity index (χ3v) is 3.42. The van der Waals surface area contributed by atoms with Gasteiger partial charge in [0.2, 0.25) is 5.91 Å². The monoisotopic (exact) mass is 430 g/mol. The number of thiocarbonyl (C=S) groups is 1. The van der Waals surface area contributed by atoms with Crippen molar-refractivity contribution >= 4 is 51.5 Å². The van der Waals surface area contributed by atoms with Gasteiger partial charge >= 0.3 is 6.18 Å². The lowest BCUT2D eigenvalue weighted by Crippen LogP contribution is -2.34. The molecule has 0 spiro atoms. The summed E-state index contributed by atoms with van der Waals surface area (Å²) in [5.41, 5.74) is -0.997. The fraction of sp³-hybridized carbons (Fsp3) is 0.385. The molecule has 0 radical (unpaired) electrons. The maximum Gasteiger partial charge on any atom is 0.418 e. The van der Waals surface area contributed by atoms with Gasteiger partial charge in [-0.3, -0.25) is 4.79 Å². The summed E-state index contributed by atoms with van der Waals surface area (Å²) in [4.78, 5) is 11.5. The van der Waals surface area contributed by atoms with Crippen molar-refractivity contribution in [3.05, 3.63) is 27.3 Å². The Morgan fingerprint density at radius 2 is 2.05 bits per heavy atom. The maximum atomic E-state index is 12.9. The topological polar surface area (TPSA) is 41.1 Å². The predicted octanol–water partition coefficient (Wildman–Crippen LogP) is 4.31. The summed E-state index contributed by atoms with van der Waals surface area (Å²) in [6.45, 7) is 1.94. The Bertz CT molecular complexity index is 535. The van der Waals surface area contributed by atoms with E-state index in [2.05, 4.69) is 10.6 Å². The number of halogens is 4. The number of hydrogen-bond acceptors (Lipinski definition) is 2. The third kappa shape index (κ3) is 6.16. The summed E-state index contributed by atoms with van der Waals surface area (Å²) >= 11 is 6.67. The number of hydrogen-bond donors (Lipinski definition) is 2. The second kappa shape index (κ2) is 7.92. The summed E-state index contributed by atoms with van der Waals surface area (Å²) in [5, 5.41) is 4.66. The van der Waals surface area contributed by atoms with E-state index >= 15 is 0 Å². The van der Waals surface area contributed by atoms with E-state index in [1.165, 1.54) is 12.1 Å². The van der Waals surface area contributed by atoms with E-state index in [0.29, 0.717) is 9.99 Å². The lowest BCUT2D eigenvalue weighted by atomic mass is 10.1. The molecular formula is C13H14F3IN2OS. The van der Waals surface area contributed by atoms with E-state index in [1.54, 1.807) is 22.6 Å². The second-order valence-electron chi connectivity index (χ2n) is 4.29. The average Bonchev–Trinajstić information content (AvgIpc) is 2.37. The number of nitrogens with one attached hydrogen (secondary N) is 2. The second-order valence-corrected chi connectivity index (χ2v) is 5.95. The van der Waals surface area contributed by atoms with Crippen molar-refractivity contribution < 1.29 is 18.0 Å². The largest absolute Gasteiger partial charge is 0.418 e. The van der Waals surface area contributed by atoms with Crippen LogP contribution in [0.4, 0.5) is 18.9 Å². The van der Waals surface area contributed by atoms with Crippen LogP contribution in [0.2, 0.25) is 0 Å². The highest BCUT2D eigenvalue weighted by molar-refractivity contribution is 14.1. The number of amides is 1. The Kier molecular flexibility index (Phi) is 6.85. The van der Waals surface area contributed by atoms with Crippen LogP contribution in [0.1, 0.15) is 31.7 Å². The Morgan fingerprint density at radius 1 is 1.38 bits per heavy atom. The SMILES string of the molecule is CCCCC(=O)NC(=S)Nc1ccc(I)cc1C(F)(F)F. The smallest absolute Gasteiger partial charge is 0.332 e. The molecule has 0 heterocycles. The molecule has 1 aromatic rings. The minimum Gasteiger partial charge on any atom is -0.332 e. The van der Waals surface area contributed by atoms with Crippen LogP contribution in [0.25, 0.3) is 0 Å². The van der Waals surface area contributed by atoms with E-state index in [0.717, 1.165) is 12.5 Å². The van der Waals surface area contributed by atoms with Crippen LogP contribution in [0.15, 0.2) is 18.2 Å². The molecule has 0 bridgehead atoms. The number of carbonyl (C=O) groups is 1. The standard InChI is InChI=1S/C13H14F3IN2OS/c1-2-3-4-11(20)19-12(21)18-10-6-5-8(17)7-9(10)13(14,15)16/h5-7H,2-4H2,1H3,(H2,18,19,20,21). The molecule has 0 saturated heterocycles. The molecule has 2 N–H and O–H groups in total. The summed E-state index contributed by atoms with van der Waals surface area (Å²) in [6, 6.07) is 3.83. The first-order valence-corrected chi connectivity index (χ1v) is 7.70. The van der Waals surface area contributed by atoms with Crippen LogP contribution < -0.4 is 10.6 Å². The van der Waals surface area contributed by atoms with E-state index in [1.807, 2.05) is 6.92 Å². The minimum atomic E-state index is -4.49. The zero-order valence-corrected chi connectivity index (χ0v) is 14.2. The summed E-state index contributed by atoms with van der Waals surface area (Å²) in [7, 11) is 0. The fourth-order valence-electron chi connectivity index (χ4n) is 1.54. The zero-order chi connectivity index (χ0) is 16.0. The van der Waals surface area contributed by atoms with Gasteiger partial charge in [-0.1, -0.05) is 13.3 Å². The molecule has 0 fully saturated rings. The summed E-state index contributed by atoms with van der Waals surface area (Å²) in [6.07, 6.45) is -2.66. The van der Waals surface area contributed by atoms with Gasteiger partial charge < -0.3 is 10.6 Å². The Labute approximate surface area is 139 Å². The number of alkyl halides is 3. The fourth-order valence-corrected chi connectivity index (χ4v) is 2.26. The van der Waals surface area contributed by atoms with Crippen LogP contribution in [0.5, 0.6) is 0 Å². The van der Waals surface area contributed by atoms with Crippen molar-refractivity contribution in [1.82, 2.24) is 5.32 Å². The number of carbonyl (C=O) groups excluding carboxylic acids is 1. The molecule has 1 amide bonds. The highest BCUT2D eigenvalue weighted by Gasteiger charge is 2.34. The van der Waals surface area contributed by atoms with Crippen LogP contribution in [-0.2, 0) is 11.0 Å². The predicted molar refractivity (Wildman–Crippen MR) is 88.0 cm³/mol. The van der Waals surface area contributed by atoms with Gasteiger partial charge in [0, 0.05) is 9.99 Å². The van der Waals surface area contributed by atoms with E-state index in [9.17, 15) is 18.0 Å². The van der Waals surface area contributed by atoms with Crippen LogP contribution >= 0.6 is 34.8 Å². The molecular weight excluding hydrogens is 416 g/mol. The number of benzene rings is 1. The van der Waals surface area contributed by atoms with Gasteiger partial charge in [-0.05, 0) is 59.4 Å². The van der Waals surface area contributed by atoms with Gasteiger partial charge in [0.25, 0.3) is 0 Å². The molecule has 0 aliphatic carbocycles. The summed E-state index contributed by atoms with van der Waals surface area (Å²) < 4.78 is 39.3. The third-order valence-electron chi connectivity index (χ3n) is 2.55. The van der Waals surface area contributed by atoms with Crippen molar-refractivity contribution in [3.63, 3.8) is 0 Å². The van der Waals surface area contributed by atoms with Crippen LogP contribution in [0, 0.1) is 3.57 Å². The molecule has 0 aliphatic rings. The van der Waals surface area contributed by atoms with E-state index < -0.39 is 11.7 Å². The molecule has 0 atom stereocenters. The molecule has 0 unspecified atom stereocenters. The molecule has 8 heteroatoms. The molecule has 0 saturated carbocycles. The lowest BCUT2D eigenvalue weighted by molar-refractivity contribution is -0.137. The molecule has 1 aromatic carbocycles. The highest BCUT2D eigenvalue weighted by atomic mass is 127. The first-order chi connectivity index (χ1) is 9.74. The van der Waals surface area contributed by atoms with Crippen molar-refractivity contribution in [1.29, 1.82) is 0 Å². The first-order valence-electron chi connectivity index (χ1n) is 6.21. The number of unbranched alkanes of at least 4 members (excludes halogenated alkanes) is 1. The average molecular weight is 430 g/mol. The normalized spacial score (nSPS) is 11.1. The minimum absolute atomic E-state index is 0.136. The first kappa shape index (κ1) is 18.1. The van der Waals surface area contributed by atoms with Gasteiger partial charge in [0.05, 0.1) is 11.3 Å². The van der Waals surface area contributed by atoms with Gasteiger partial charge in [-0.2, -0.15) is 13.2 Å². The zero-order valence-electron chi connectivity index (χ0n) is 11.2. The lowest BCUT2D eigenvalue weighted by Gasteiger charge is -2.15. The van der Waals surface area contributed by atoms with Crippen LogP contribution in [0.3, 0.4) is 0 Å². The quantitative estimate of drug-likeness (QED) is 0.553. The highest BCUT2D eigenvalue weighted by Crippen LogP contribution is 2.35. The molecule has 1 rings (SSSR count). The molecule has 0 aliphatic heterocycles. The molecule has 116 valence electrons. The number of anilines is 1. The van der Waals surface area contributed by atoms with Crippen molar-refractivity contribution in [3.8, 4) is 0 Å². The van der Waals surface area contributed by atoms with Gasteiger partial charge in [0.15, 0.2) is 5.11 Å². The Hall–Kier alpha value is -0.900. The van der Waals surface area contributed by atoms with Crippen LogP contribution in [-0.4, -0.2) is 11.0 Å². The number of rotatable bonds is 4. The molecule has 3 nitrogen and oxygen atoms in total. The van der Waals surface area contributed by atoms with Crippen molar-refractivity contribution in [2.75, 3.05) is 5.32 Å². The van der Waals surface area contributed by atoms with Crippen molar-refractivity contribution in [2.24, 2.45) is 0 Å². The van der Waals surface area contributed by atoms with Gasteiger partial charge in [-0.25, -0.2) is 0 Å². The van der Waals surface area contributed by atoms with E-state index in [-0.39, 0.29) is 23.1 Å². The Balaban J connectivity index is 2.79. The van der Waals surface area contributed by atoms with Crippen molar-refractivity contribution in [2.45, 2.75) is 32.4 Å². The van der Waals surface area contributed by atoms with Gasteiger partial charge in [0.1, 0.15) is 0 Å². The maximum absolute atomic E-state index is 12.9. The van der Waals surface area contributed by atoms with Gasteiger partial charge in [-0.15, -0.1) is 0 Å².